The summed E-state index contributed by atoms with van der Waals surface area (Å²) in [4.78, 5) is 38.8. The van der Waals surface area contributed by atoms with Crippen LogP contribution in [0.4, 0.5) is 4.79 Å². The van der Waals surface area contributed by atoms with Crippen molar-refractivity contribution in [1.29, 1.82) is 0 Å². The summed E-state index contributed by atoms with van der Waals surface area (Å²) in [6.45, 7) is 1.14. The molecule has 118 valence electrons. The molecule has 0 radical (unpaired) electrons. The fourth-order valence-corrected chi connectivity index (χ4v) is 3.27. The SMILES string of the molecule is CNC(=O)C1CCCN1C(=O)N1CCCCC1CC(=O)O. The van der Waals surface area contributed by atoms with Gasteiger partial charge < -0.3 is 20.2 Å². The first kappa shape index (κ1) is 15.6. The molecule has 2 aliphatic heterocycles. The Hall–Kier alpha value is -1.79. The number of nitrogens with zero attached hydrogens (tertiary/aromatic N) is 2. The molecular weight excluding hydrogens is 274 g/mol. The first-order valence-corrected chi connectivity index (χ1v) is 7.55. The van der Waals surface area contributed by atoms with Gasteiger partial charge in [-0.3, -0.25) is 9.59 Å². The number of amides is 3. The quantitative estimate of drug-likeness (QED) is 0.800. The van der Waals surface area contributed by atoms with Crippen molar-refractivity contribution < 1.29 is 19.5 Å². The Labute approximate surface area is 124 Å². The van der Waals surface area contributed by atoms with Gasteiger partial charge in [-0.05, 0) is 32.1 Å². The summed E-state index contributed by atoms with van der Waals surface area (Å²) in [5, 5.41) is 11.6. The molecule has 21 heavy (non-hydrogen) atoms. The molecule has 7 nitrogen and oxygen atoms in total. The number of aliphatic carboxylic acids is 1. The smallest absolute Gasteiger partial charge is 0.320 e. The lowest BCUT2D eigenvalue weighted by Gasteiger charge is -2.38. The molecule has 2 heterocycles. The predicted octanol–water partition coefficient (Wildman–Crippen LogP) is 0.646. The Morgan fingerprint density at radius 1 is 1.10 bits per heavy atom. The van der Waals surface area contributed by atoms with E-state index < -0.39 is 12.0 Å². The van der Waals surface area contributed by atoms with E-state index in [1.54, 1.807) is 16.8 Å². The Bertz CT molecular complexity index is 426. The highest BCUT2D eigenvalue weighted by atomic mass is 16.4. The molecule has 2 rings (SSSR count). The second-order valence-electron chi connectivity index (χ2n) is 5.69. The fraction of sp³-hybridized carbons (Fsp3) is 0.786. The van der Waals surface area contributed by atoms with Crippen molar-refractivity contribution >= 4 is 17.9 Å². The molecule has 0 saturated carbocycles. The first-order chi connectivity index (χ1) is 10.0. The number of carboxylic acids is 1. The number of hydrogen-bond acceptors (Lipinski definition) is 3. The molecule has 0 aromatic heterocycles. The van der Waals surface area contributed by atoms with Gasteiger partial charge in [0.05, 0.1) is 6.42 Å². The minimum Gasteiger partial charge on any atom is -0.481 e. The van der Waals surface area contributed by atoms with E-state index in [2.05, 4.69) is 5.32 Å². The van der Waals surface area contributed by atoms with E-state index in [9.17, 15) is 14.4 Å². The highest BCUT2D eigenvalue weighted by Crippen LogP contribution is 2.25. The topological polar surface area (TPSA) is 90.0 Å². The van der Waals surface area contributed by atoms with Crippen LogP contribution in [0.15, 0.2) is 0 Å². The van der Waals surface area contributed by atoms with Crippen LogP contribution in [0.1, 0.15) is 38.5 Å². The van der Waals surface area contributed by atoms with Gasteiger partial charge in [-0.25, -0.2) is 4.79 Å². The maximum Gasteiger partial charge on any atom is 0.320 e. The van der Waals surface area contributed by atoms with Gasteiger partial charge in [0.2, 0.25) is 5.91 Å². The summed E-state index contributed by atoms with van der Waals surface area (Å²) in [5.74, 6) is -1.03. The van der Waals surface area contributed by atoms with Crippen LogP contribution in [-0.2, 0) is 9.59 Å². The Kier molecular flexibility index (Phi) is 5.03. The molecule has 2 saturated heterocycles. The van der Waals surface area contributed by atoms with Gasteiger partial charge in [0.25, 0.3) is 0 Å². The average Bonchev–Trinajstić information content (AvgIpc) is 2.95. The summed E-state index contributed by atoms with van der Waals surface area (Å²) in [6, 6.07) is -0.864. The normalized spacial score (nSPS) is 25.8. The zero-order valence-electron chi connectivity index (χ0n) is 12.4. The van der Waals surface area contributed by atoms with Gasteiger partial charge in [-0.2, -0.15) is 0 Å². The van der Waals surface area contributed by atoms with E-state index in [0.717, 1.165) is 25.7 Å². The number of carbonyl (C=O) groups is 3. The maximum atomic E-state index is 12.7. The number of hydrogen-bond donors (Lipinski definition) is 2. The van der Waals surface area contributed by atoms with Crippen molar-refractivity contribution in [1.82, 2.24) is 15.1 Å². The van der Waals surface area contributed by atoms with E-state index in [1.165, 1.54) is 0 Å². The molecule has 0 aromatic carbocycles. The zero-order valence-corrected chi connectivity index (χ0v) is 12.4. The lowest BCUT2D eigenvalue weighted by Crippen LogP contribution is -2.54. The molecule has 2 atom stereocenters. The van der Waals surface area contributed by atoms with Crippen molar-refractivity contribution in [3.8, 4) is 0 Å². The van der Waals surface area contributed by atoms with Crippen LogP contribution in [0.5, 0.6) is 0 Å². The van der Waals surface area contributed by atoms with E-state index in [4.69, 9.17) is 5.11 Å². The molecule has 0 spiro atoms. The molecule has 2 unspecified atom stereocenters. The van der Waals surface area contributed by atoms with Gasteiger partial charge in [0.15, 0.2) is 0 Å². The van der Waals surface area contributed by atoms with Crippen LogP contribution < -0.4 is 5.32 Å². The van der Waals surface area contributed by atoms with Gasteiger partial charge in [-0.15, -0.1) is 0 Å². The number of urea groups is 1. The molecule has 0 aromatic rings. The van der Waals surface area contributed by atoms with Gasteiger partial charge in [0.1, 0.15) is 6.04 Å². The summed E-state index contributed by atoms with van der Waals surface area (Å²) in [5.41, 5.74) is 0. The van der Waals surface area contributed by atoms with Crippen LogP contribution in [-0.4, -0.2) is 65.0 Å². The van der Waals surface area contributed by atoms with Gasteiger partial charge in [-0.1, -0.05) is 0 Å². The summed E-state index contributed by atoms with van der Waals surface area (Å²) >= 11 is 0. The first-order valence-electron chi connectivity index (χ1n) is 7.55. The Morgan fingerprint density at radius 2 is 1.81 bits per heavy atom. The third-order valence-electron chi connectivity index (χ3n) is 4.33. The number of piperidine rings is 1. The molecule has 0 bridgehead atoms. The van der Waals surface area contributed by atoms with E-state index in [0.29, 0.717) is 19.5 Å². The monoisotopic (exact) mass is 297 g/mol. The second-order valence-corrected chi connectivity index (χ2v) is 5.69. The number of likely N-dealkylation sites (tertiary alicyclic amines) is 2. The standard InChI is InChI=1S/C14H23N3O4/c1-15-13(20)11-6-4-8-17(11)14(21)16-7-3-2-5-10(16)9-12(18)19/h10-11H,2-9H2,1H3,(H,15,20)(H,18,19). The number of nitrogens with one attached hydrogen (secondary N) is 1. The van der Waals surface area contributed by atoms with Crippen LogP contribution in [0.25, 0.3) is 0 Å². The van der Waals surface area contributed by atoms with Crippen molar-refractivity contribution in [2.75, 3.05) is 20.1 Å². The Balaban J connectivity index is 2.09. The van der Waals surface area contributed by atoms with E-state index in [-0.39, 0.29) is 24.4 Å². The molecule has 2 aliphatic rings. The van der Waals surface area contributed by atoms with Crippen molar-refractivity contribution in [3.05, 3.63) is 0 Å². The predicted molar refractivity (Wildman–Crippen MR) is 75.8 cm³/mol. The van der Waals surface area contributed by atoms with Crippen molar-refractivity contribution in [2.45, 2.75) is 50.6 Å². The number of likely N-dealkylation sites (N-methyl/N-ethyl adjacent to an activating group) is 1. The van der Waals surface area contributed by atoms with E-state index in [1.807, 2.05) is 0 Å². The second kappa shape index (κ2) is 6.78. The third kappa shape index (κ3) is 3.46. The van der Waals surface area contributed by atoms with Crippen LogP contribution in [0.3, 0.4) is 0 Å². The molecular formula is C14H23N3O4. The molecule has 3 amide bonds. The minimum atomic E-state index is -0.885. The van der Waals surface area contributed by atoms with Crippen LogP contribution in [0.2, 0.25) is 0 Å². The number of carbonyl (C=O) groups excluding carboxylic acids is 2. The van der Waals surface area contributed by atoms with E-state index >= 15 is 0 Å². The van der Waals surface area contributed by atoms with Gasteiger partial charge in [0, 0.05) is 26.2 Å². The highest BCUT2D eigenvalue weighted by molar-refractivity contribution is 5.87. The highest BCUT2D eigenvalue weighted by Gasteiger charge is 2.38. The fourth-order valence-electron chi connectivity index (χ4n) is 3.27. The third-order valence-corrected chi connectivity index (χ3v) is 4.33. The molecule has 7 heteroatoms. The summed E-state index contributed by atoms with van der Waals surface area (Å²) in [6.07, 6.45) is 4.01. The molecule has 2 N–H and O–H groups in total. The van der Waals surface area contributed by atoms with Crippen molar-refractivity contribution in [3.63, 3.8) is 0 Å². The van der Waals surface area contributed by atoms with Crippen molar-refractivity contribution in [2.24, 2.45) is 0 Å². The molecule has 0 aliphatic carbocycles. The van der Waals surface area contributed by atoms with Gasteiger partial charge >= 0.3 is 12.0 Å². The van der Waals surface area contributed by atoms with Crippen LogP contribution >= 0.6 is 0 Å². The molecule has 2 fully saturated rings. The minimum absolute atomic E-state index is 0.0236. The largest absolute Gasteiger partial charge is 0.481 e. The number of carboxylic acid groups (broad SMARTS) is 1. The lowest BCUT2D eigenvalue weighted by molar-refractivity contribution is -0.138. The maximum absolute atomic E-state index is 12.7. The summed E-state index contributed by atoms with van der Waals surface area (Å²) < 4.78 is 0. The number of rotatable bonds is 3. The average molecular weight is 297 g/mol. The zero-order chi connectivity index (χ0) is 15.4. The lowest BCUT2D eigenvalue weighted by atomic mass is 10.00. The van der Waals surface area contributed by atoms with Crippen LogP contribution in [0, 0.1) is 0 Å². The Morgan fingerprint density at radius 3 is 2.48 bits per heavy atom. The summed E-state index contributed by atoms with van der Waals surface area (Å²) in [7, 11) is 1.57.